The number of thiazole rings is 1. The number of hydrogen-bond acceptors (Lipinski definition) is 5. The molecule has 1 aromatic carbocycles. The number of aliphatic carboxylic acids is 1. The van der Waals surface area contributed by atoms with Crippen molar-refractivity contribution in [1.29, 1.82) is 0 Å². The number of aromatic nitrogens is 1. The Labute approximate surface area is 153 Å². The van der Waals surface area contributed by atoms with E-state index in [1.165, 1.54) is 0 Å². The van der Waals surface area contributed by atoms with Crippen molar-refractivity contribution in [1.82, 2.24) is 10.3 Å². The molecule has 0 fully saturated rings. The quantitative estimate of drug-likeness (QED) is 0.582. The smallest absolute Gasteiger partial charge is 0.304 e. The number of nitrogens with one attached hydrogen (secondary N) is 1. The lowest BCUT2D eigenvalue weighted by atomic mass is 10.1. The first-order valence-electron chi connectivity index (χ1n) is 8.76. The average molecular weight is 362 g/mol. The molecule has 0 radical (unpaired) electrons. The number of benzene rings is 1. The summed E-state index contributed by atoms with van der Waals surface area (Å²) in [5.41, 5.74) is 2.00. The summed E-state index contributed by atoms with van der Waals surface area (Å²) >= 11 is 1.58. The lowest BCUT2D eigenvalue weighted by Gasteiger charge is -2.16. The minimum Gasteiger partial charge on any atom is -0.490 e. The van der Waals surface area contributed by atoms with Gasteiger partial charge in [-0.15, -0.1) is 11.3 Å². The Morgan fingerprint density at radius 2 is 2.08 bits per heavy atom. The van der Waals surface area contributed by atoms with Crippen molar-refractivity contribution >= 4 is 17.3 Å². The van der Waals surface area contributed by atoms with E-state index in [-0.39, 0.29) is 12.5 Å². The van der Waals surface area contributed by atoms with Crippen LogP contribution < -0.4 is 10.1 Å². The number of ether oxygens (including phenoxy) is 1. The first-order valence-corrected chi connectivity index (χ1v) is 9.64. The van der Waals surface area contributed by atoms with Crippen LogP contribution in [0.2, 0.25) is 0 Å². The number of carboxylic acid groups (broad SMARTS) is 1. The van der Waals surface area contributed by atoms with Gasteiger partial charge in [-0.25, -0.2) is 4.98 Å². The van der Waals surface area contributed by atoms with Crippen LogP contribution in [0.3, 0.4) is 0 Å². The molecule has 136 valence electrons. The van der Waals surface area contributed by atoms with Gasteiger partial charge in [-0.1, -0.05) is 20.3 Å². The maximum absolute atomic E-state index is 10.5. The van der Waals surface area contributed by atoms with E-state index in [9.17, 15) is 4.79 Å². The van der Waals surface area contributed by atoms with E-state index in [1.807, 2.05) is 29.6 Å². The Hall–Kier alpha value is -1.92. The van der Waals surface area contributed by atoms with Gasteiger partial charge in [0.25, 0.3) is 0 Å². The van der Waals surface area contributed by atoms with Crippen molar-refractivity contribution in [3.8, 4) is 17.0 Å². The molecule has 2 aromatic rings. The van der Waals surface area contributed by atoms with Crippen molar-refractivity contribution in [3.63, 3.8) is 0 Å². The molecule has 25 heavy (non-hydrogen) atoms. The highest BCUT2D eigenvalue weighted by Gasteiger charge is 2.08. The van der Waals surface area contributed by atoms with Crippen LogP contribution in [0.1, 0.15) is 44.5 Å². The van der Waals surface area contributed by atoms with Crippen molar-refractivity contribution in [3.05, 3.63) is 34.7 Å². The number of hydrogen-bond donors (Lipinski definition) is 2. The predicted molar refractivity (Wildman–Crippen MR) is 101 cm³/mol. The van der Waals surface area contributed by atoms with Crippen molar-refractivity contribution in [2.24, 2.45) is 0 Å². The van der Waals surface area contributed by atoms with Gasteiger partial charge < -0.3 is 15.2 Å². The molecule has 5 nitrogen and oxygen atoms in total. The highest BCUT2D eigenvalue weighted by molar-refractivity contribution is 7.09. The van der Waals surface area contributed by atoms with Crippen LogP contribution in [-0.2, 0) is 11.3 Å². The second-order valence-corrected chi connectivity index (χ2v) is 6.85. The van der Waals surface area contributed by atoms with Crippen LogP contribution in [0.25, 0.3) is 11.3 Å². The number of rotatable bonds is 11. The minimum absolute atomic E-state index is 0.122. The van der Waals surface area contributed by atoms with E-state index in [1.54, 1.807) is 11.3 Å². The molecule has 2 N–H and O–H groups in total. The third-order valence-corrected chi connectivity index (χ3v) is 4.71. The van der Waals surface area contributed by atoms with Crippen LogP contribution >= 0.6 is 11.3 Å². The van der Waals surface area contributed by atoms with Crippen LogP contribution in [0, 0.1) is 0 Å². The van der Waals surface area contributed by atoms with Gasteiger partial charge in [0, 0.05) is 24.0 Å². The molecule has 1 heterocycles. The Morgan fingerprint density at radius 1 is 1.32 bits per heavy atom. The molecule has 0 saturated carbocycles. The highest BCUT2D eigenvalue weighted by atomic mass is 32.1. The summed E-state index contributed by atoms with van der Waals surface area (Å²) in [7, 11) is 0. The first kappa shape index (κ1) is 19.4. The largest absolute Gasteiger partial charge is 0.490 e. The molecule has 1 atom stereocenters. The maximum atomic E-state index is 10.5. The van der Waals surface area contributed by atoms with Crippen LogP contribution in [0.4, 0.5) is 0 Å². The van der Waals surface area contributed by atoms with Gasteiger partial charge in [-0.05, 0) is 37.1 Å². The van der Waals surface area contributed by atoms with Crippen molar-refractivity contribution < 1.29 is 14.6 Å². The van der Waals surface area contributed by atoms with E-state index in [2.05, 4.69) is 24.1 Å². The number of carbonyl (C=O) groups is 1. The zero-order chi connectivity index (χ0) is 18.1. The van der Waals surface area contributed by atoms with E-state index in [0.717, 1.165) is 41.3 Å². The topological polar surface area (TPSA) is 71.5 Å². The summed E-state index contributed by atoms with van der Waals surface area (Å²) in [6.45, 7) is 5.36. The molecular weight excluding hydrogens is 336 g/mol. The number of carboxylic acids is 1. The van der Waals surface area contributed by atoms with E-state index in [4.69, 9.17) is 9.84 Å². The normalized spacial score (nSPS) is 12.1. The lowest BCUT2D eigenvalue weighted by Crippen LogP contribution is -2.17. The Kier molecular flexibility index (Phi) is 7.88. The second-order valence-electron chi connectivity index (χ2n) is 5.91. The SMILES string of the molecule is CCCC(CC)Oc1ccc(-c2csc(CNCCC(=O)O)n2)cc1. The molecule has 0 bridgehead atoms. The molecule has 1 aromatic heterocycles. The summed E-state index contributed by atoms with van der Waals surface area (Å²) in [6, 6.07) is 8.06. The fourth-order valence-corrected chi connectivity index (χ4v) is 3.25. The van der Waals surface area contributed by atoms with Gasteiger partial charge in [-0.3, -0.25) is 4.79 Å². The maximum Gasteiger partial charge on any atom is 0.304 e. The molecule has 6 heteroatoms. The standard InChI is InChI=1S/C19H26N2O3S/c1-3-5-15(4-2)24-16-8-6-14(7-9-16)17-13-25-18(21-17)12-20-11-10-19(22)23/h6-9,13,15,20H,3-5,10-12H2,1-2H3,(H,22,23). The molecule has 0 aliphatic rings. The van der Waals surface area contributed by atoms with Crippen LogP contribution in [0.5, 0.6) is 5.75 Å². The van der Waals surface area contributed by atoms with Gasteiger partial charge in [-0.2, -0.15) is 0 Å². The summed E-state index contributed by atoms with van der Waals surface area (Å²) in [4.78, 5) is 15.1. The summed E-state index contributed by atoms with van der Waals surface area (Å²) in [5, 5.41) is 14.7. The molecule has 0 aliphatic carbocycles. The van der Waals surface area contributed by atoms with E-state index >= 15 is 0 Å². The predicted octanol–water partition coefficient (Wildman–Crippen LogP) is 4.33. The third kappa shape index (κ3) is 6.48. The molecule has 0 saturated heterocycles. The first-order chi connectivity index (χ1) is 12.1. The zero-order valence-corrected chi connectivity index (χ0v) is 15.6. The molecule has 2 rings (SSSR count). The monoisotopic (exact) mass is 362 g/mol. The third-order valence-electron chi connectivity index (χ3n) is 3.86. The van der Waals surface area contributed by atoms with Gasteiger partial charge in [0.1, 0.15) is 10.8 Å². The van der Waals surface area contributed by atoms with E-state index < -0.39 is 5.97 Å². The lowest BCUT2D eigenvalue weighted by molar-refractivity contribution is -0.136. The van der Waals surface area contributed by atoms with Crippen molar-refractivity contribution in [2.75, 3.05) is 6.54 Å². The Bertz CT molecular complexity index is 655. The second kappa shape index (κ2) is 10.2. The minimum atomic E-state index is -0.793. The number of nitrogens with zero attached hydrogens (tertiary/aromatic N) is 1. The Morgan fingerprint density at radius 3 is 2.72 bits per heavy atom. The van der Waals surface area contributed by atoms with E-state index in [0.29, 0.717) is 13.1 Å². The van der Waals surface area contributed by atoms with Gasteiger partial charge in [0.15, 0.2) is 0 Å². The van der Waals surface area contributed by atoms with Crippen molar-refractivity contribution in [2.45, 2.75) is 52.2 Å². The zero-order valence-electron chi connectivity index (χ0n) is 14.8. The summed E-state index contributed by atoms with van der Waals surface area (Å²) in [5.74, 6) is 0.105. The molecule has 0 aliphatic heterocycles. The van der Waals surface area contributed by atoms with Gasteiger partial charge in [0.2, 0.25) is 0 Å². The van der Waals surface area contributed by atoms with Gasteiger partial charge >= 0.3 is 5.97 Å². The average Bonchev–Trinajstić information content (AvgIpc) is 3.07. The molecule has 1 unspecified atom stereocenters. The molecule has 0 spiro atoms. The summed E-state index contributed by atoms with van der Waals surface area (Å²) < 4.78 is 6.01. The Balaban J connectivity index is 1.90. The van der Waals surface area contributed by atoms with Crippen LogP contribution in [0.15, 0.2) is 29.6 Å². The summed E-state index contributed by atoms with van der Waals surface area (Å²) in [6.07, 6.45) is 3.61. The van der Waals surface area contributed by atoms with Crippen LogP contribution in [-0.4, -0.2) is 28.7 Å². The fraction of sp³-hybridized carbons (Fsp3) is 0.474. The fourth-order valence-electron chi connectivity index (χ4n) is 2.48. The molecular formula is C19H26N2O3S. The van der Waals surface area contributed by atoms with Gasteiger partial charge in [0.05, 0.1) is 18.2 Å². The highest BCUT2D eigenvalue weighted by Crippen LogP contribution is 2.25. The molecule has 0 amide bonds.